The molecule has 1 saturated heterocycles. The summed E-state index contributed by atoms with van der Waals surface area (Å²) in [5, 5.41) is 13.0. The van der Waals surface area contributed by atoms with Crippen LogP contribution in [0.25, 0.3) is 0 Å². The molecule has 0 amide bonds. The third kappa shape index (κ3) is 3.15. The monoisotopic (exact) mass is 251 g/mol. The summed E-state index contributed by atoms with van der Waals surface area (Å²) in [5.74, 6) is 1.30. The Labute approximate surface area is 108 Å². The summed E-state index contributed by atoms with van der Waals surface area (Å²) in [7, 11) is 1.56. The van der Waals surface area contributed by atoms with E-state index in [1.165, 1.54) is 0 Å². The smallest absolute Gasteiger partial charge is 0.160 e. The zero-order valence-electron chi connectivity index (χ0n) is 11.0. The van der Waals surface area contributed by atoms with Crippen molar-refractivity contribution in [3.05, 3.63) is 23.8 Å². The van der Waals surface area contributed by atoms with Crippen molar-refractivity contribution < 1.29 is 14.6 Å². The molecule has 1 aliphatic heterocycles. The summed E-state index contributed by atoms with van der Waals surface area (Å²) in [6, 6.07) is 5.87. The second-order valence-electron chi connectivity index (χ2n) is 4.80. The van der Waals surface area contributed by atoms with Crippen LogP contribution in [0.15, 0.2) is 18.2 Å². The van der Waals surface area contributed by atoms with Crippen molar-refractivity contribution in [2.75, 3.05) is 20.3 Å². The van der Waals surface area contributed by atoms with E-state index in [9.17, 15) is 5.11 Å². The fraction of sp³-hybridized carbons (Fsp3) is 0.571. The molecule has 0 aromatic heterocycles. The fourth-order valence-corrected chi connectivity index (χ4v) is 2.22. The van der Waals surface area contributed by atoms with Crippen molar-refractivity contribution in [1.82, 2.24) is 5.32 Å². The molecule has 2 rings (SSSR count). The van der Waals surface area contributed by atoms with Crippen LogP contribution < -0.4 is 10.1 Å². The molecule has 1 heterocycles. The first-order valence-electron chi connectivity index (χ1n) is 6.37. The van der Waals surface area contributed by atoms with Crippen LogP contribution in [-0.2, 0) is 11.3 Å². The van der Waals surface area contributed by atoms with Crippen molar-refractivity contribution >= 4 is 0 Å². The third-order valence-electron chi connectivity index (χ3n) is 3.54. The van der Waals surface area contributed by atoms with Gasteiger partial charge in [-0.15, -0.1) is 0 Å². The lowest BCUT2D eigenvalue weighted by Gasteiger charge is -2.19. The van der Waals surface area contributed by atoms with Gasteiger partial charge in [-0.3, -0.25) is 0 Å². The van der Waals surface area contributed by atoms with E-state index in [4.69, 9.17) is 9.47 Å². The maximum atomic E-state index is 9.52. The van der Waals surface area contributed by atoms with Crippen LogP contribution in [0.4, 0.5) is 0 Å². The Bertz CT molecular complexity index is 389. The predicted molar refractivity (Wildman–Crippen MR) is 69.9 cm³/mol. The van der Waals surface area contributed by atoms with E-state index < -0.39 is 0 Å². The molecule has 0 bridgehead atoms. The number of rotatable bonds is 5. The molecule has 0 saturated carbocycles. The number of phenolic OH excluding ortho intramolecular Hbond substituents is 1. The Morgan fingerprint density at radius 3 is 3.06 bits per heavy atom. The van der Waals surface area contributed by atoms with Gasteiger partial charge in [-0.1, -0.05) is 6.07 Å². The Hall–Kier alpha value is -1.26. The van der Waals surface area contributed by atoms with Gasteiger partial charge >= 0.3 is 0 Å². The largest absolute Gasteiger partial charge is 0.504 e. The Kier molecular flexibility index (Phi) is 4.44. The number of hydrogen-bond acceptors (Lipinski definition) is 4. The summed E-state index contributed by atoms with van der Waals surface area (Å²) in [6.07, 6.45) is 1.13. The number of nitrogens with one attached hydrogen (secondary N) is 1. The molecule has 1 aromatic rings. The topological polar surface area (TPSA) is 50.7 Å². The summed E-state index contributed by atoms with van der Waals surface area (Å²) < 4.78 is 10.5. The zero-order chi connectivity index (χ0) is 13.0. The second kappa shape index (κ2) is 6.07. The van der Waals surface area contributed by atoms with E-state index in [0.717, 1.165) is 31.7 Å². The number of aromatic hydroxyl groups is 1. The van der Waals surface area contributed by atoms with Crippen molar-refractivity contribution in [2.24, 2.45) is 5.92 Å². The van der Waals surface area contributed by atoms with Crippen LogP contribution >= 0.6 is 0 Å². The molecular formula is C14H21NO3. The van der Waals surface area contributed by atoms with Crippen LogP contribution in [0.2, 0.25) is 0 Å². The van der Waals surface area contributed by atoms with Crippen molar-refractivity contribution in [3.8, 4) is 11.5 Å². The average Bonchev–Trinajstić information content (AvgIpc) is 2.91. The van der Waals surface area contributed by atoms with Gasteiger partial charge in [0.05, 0.1) is 13.7 Å². The minimum Gasteiger partial charge on any atom is -0.504 e. The highest BCUT2D eigenvalue weighted by Crippen LogP contribution is 2.26. The maximum Gasteiger partial charge on any atom is 0.160 e. The molecule has 18 heavy (non-hydrogen) atoms. The van der Waals surface area contributed by atoms with Gasteiger partial charge < -0.3 is 19.9 Å². The number of hydrogen-bond donors (Lipinski definition) is 2. The molecule has 0 aliphatic carbocycles. The first-order chi connectivity index (χ1) is 8.70. The van der Waals surface area contributed by atoms with Crippen LogP contribution in [0.5, 0.6) is 11.5 Å². The van der Waals surface area contributed by atoms with E-state index in [-0.39, 0.29) is 5.75 Å². The van der Waals surface area contributed by atoms with Gasteiger partial charge in [0, 0.05) is 19.2 Å². The lowest BCUT2D eigenvalue weighted by molar-refractivity contribution is 0.178. The maximum absolute atomic E-state index is 9.52. The molecule has 2 unspecified atom stereocenters. The van der Waals surface area contributed by atoms with Crippen LogP contribution in [0.1, 0.15) is 18.9 Å². The molecule has 1 aliphatic rings. The minimum absolute atomic E-state index is 0.179. The van der Waals surface area contributed by atoms with E-state index in [1.807, 2.05) is 12.1 Å². The molecule has 2 atom stereocenters. The van der Waals surface area contributed by atoms with Gasteiger partial charge in [0.2, 0.25) is 0 Å². The van der Waals surface area contributed by atoms with Crippen LogP contribution in [0.3, 0.4) is 0 Å². The summed E-state index contributed by atoms with van der Waals surface area (Å²) in [6.45, 7) is 4.70. The minimum atomic E-state index is 0.179. The van der Waals surface area contributed by atoms with Crippen LogP contribution in [0, 0.1) is 5.92 Å². The number of benzene rings is 1. The molecule has 4 heteroatoms. The number of ether oxygens (including phenoxy) is 2. The molecule has 0 spiro atoms. The first kappa shape index (κ1) is 13.2. The highest BCUT2D eigenvalue weighted by Gasteiger charge is 2.21. The molecule has 0 radical (unpaired) electrons. The Balaban J connectivity index is 1.89. The average molecular weight is 251 g/mol. The standard InChI is InChI=1S/C14H21NO3/c1-10(12-5-6-18-9-12)15-8-11-3-4-13(16)14(7-11)17-2/h3-4,7,10,12,15-16H,5-6,8-9H2,1-2H3. The highest BCUT2D eigenvalue weighted by molar-refractivity contribution is 5.41. The molecule has 1 aromatic carbocycles. The third-order valence-corrected chi connectivity index (χ3v) is 3.54. The molecular weight excluding hydrogens is 230 g/mol. The second-order valence-corrected chi connectivity index (χ2v) is 4.80. The highest BCUT2D eigenvalue weighted by atomic mass is 16.5. The number of phenols is 1. The lowest BCUT2D eigenvalue weighted by Crippen LogP contribution is -2.33. The first-order valence-corrected chi connectivity index (χ1v) is 6.37. The summed E-state index contributed by atoms with van der Waals surface area (Å²) in [4.78, 5) is 0. The van der Waals surface area contributed by atoms with Gasteiger partial charge in [0.15, 0.2) is 11.5 Å². The van der Waals surface area contributed by atoms with Gasteiger partial charge in [0.1, 0.15) is 0 Å². The normalized spacial score (nSPS) is 20.9. The molecule has 1 fully saturated rings. The SMILES string of the molecule is COc1cc(CNC(C)C2CCOC2)ccc1O. The lowest BCUT2D eigenvalue weighted by atomic mass is 10.0. The van der Waals surface area contributed by atoms with E-state index in [1.54, 1.807) is 13.2 Å². The van der Waals surface area contributed by atoms with E-state index >= 15 is 0 Å². The van der Waals surface area contributed by atoms with Gasteiger partial charge in [-0.25, -0.2) is 0 Å². The van der Waals surface area contributed by atoms with Crippen molar-refractivity contribution in [2.45, 2.75) is 25.9 Å². The van der Waals surface area contributed by atoms with Gasteiger partial charge in [-0.05, 0) is 37.0 Å². The van der Waals surface area contributed by atoms with Crippen molar-refractivity contribution in [1.29, 1.82) is 0 Å². The zero-order valence-corrected chi connectivity index (χ0v) is 11.0. The van der Waals surface area contributed by atoms with Gasteiger partial charge in [0.25, 0.3) is 0 Å². The van der Waals surface area contributed by atoms with Gasteiger partial charge in [-0.2, -0.15) is 0 Å². The summed E-state index contributed by atoms with van der Waals surface area (Å²) in [5.41, 5.74) is 1.11. The van der Waals surface area contributed by atoms with E-state index in [0.29, 0.717) is 17.7 Å². The Morgan fingerprint density at radius 2 is 2.39 bits per heavy atom. The summed E-state index contributed by atoms with van der Waals surface area (Å²) >= 11 is 0. The number of methoxy groups -OCH3 is 1. The van der Waals surface area contributed by atoms with Crippen LogP contribution in [-0.4, -0.2) is 31.5 Å². The predicted octanol–water partition coefficient (Wildman–Crippen LogP) is 1.92. The van der Waals surface area contributed by atoms with Crippen molar-refractivity contribution in [3.63, 3.8) is 0 Å². The molecule has 100 valence electrons. The van der Waals surface area contributed by atoms with E-state index in [2.05, 4.69) is 12.2 Å². The fourth-order valence-electron chi connectivity index (χ4n) is 2.22. The Morgan fingerprint density at radius 1 is 1.56 bits per heavy atom. The molecule has 4 nitrogen and oxygen atoms in total. The quantitative estimate of drug-likeness (QED) is 0.839. The molecule has 2 N–H and O–H groups in total.